The number of halogens is 1. The molecule has 0 fully saturated rings. The van der Waals surface area contributed by atoms with Gasteiger partial charge in [0.15, 0.2) is 0 Å². The Balaban J connectivity index is 2.33. The Labute approximate surface area is 105 Å². The van der Waals surface area contributed by atoms with Gasteiger partial charge < -0.3 is 5.32 Å². The molecule has 17 heavy (non-hydrogen) atoms. The van der Waals surface area contributed by atoms with Crippen molar-refractivity contribution in [3.63, 3.8) is 0 Å². The van der Waals surface area contributed by atoms with E-state index < -0.39 is 0 Å². The average molecular weight is 250 g/mol. The standard InChI is InChI=1S/C13H15FN2S/c1-9-13(10-5-3-4-6-11(10)14)16-12(17-9)7-8-15-2/h3-6,15H,7-8H2,1-2H3. The summed E-state index contributed by atoms with van der Waals surface area (Å²) in [4.78, 5) is 5.59. The highest BCUT2D eigenvalue weighted by molar-refractivity contribution is 7.12. The number of hydrogen-bond donors (Lipinski definition) is 1. The summed E-state index contributed by atoms with van der Waals surface area (Å²) in [6, 6.07) is 6.79. The number of aryl methyl sites for hydroxylation is 1. The summed E-state index contributed by atoms with van der Waals surface area (Å²) in [6.45, 7) is 2.88. The molecule has 2 aromatic rings. The molecule has 0 aliphatic heterocycles. The fraction of sp³-hybridized carbons (Fsp3) is 0.308. The Morgan fingerprint density at radius 2 is 2.12 bits per heavy atom. The molecule has 4 heteroatoms. The minimum absolute atomic E-state index is 0.207. The first-order chi connectivity index (χ1) is 8.22. The van der Waals surface area contributed by atoms with Gasteiger partial charge in [-0.2, -0.15) is 0 Å². The SMILES string of the molecule is CNCCc1nc(-c2ccccc2F)c(C)s1. The monoisotopic (exact) mass is 250 g/mol. The highest BCUT2D eigenvalue weighted by Crippen LogP contribution is 2.29. The van der Waals surface area contributed by atoms with Crippen LogP contribution in [0.4, 0.5) is 4.39 Å². The predicted molar refractivity (Wildman–Crippen MR) is 69.9 cm³/mol. The van der Waals surface area contributed by atoms with Gasteiger partial charge in [-0.25, -0.2) is 9.37 Å². The zero-order valence-corrected chi connectivity index (χ0v) is 10.8. The van der Waals surface area contributed by atoms with Gasteiger partial charge >= 0.3 is 0 Å². The molecule has 90 valence electrons. The van der Waals surface area contributed by atoms with E-state index in [2.05, 4.69) is 10.3 Å². The van der Waals surface area contributed by atoms with Gasteiger partial charge in [0.2, 0.25) is 0 Å². The molecule has 0 spiro atoms. The molecule has 2 rings (SSSR count). The molecule has 1 heterocycles. The predicted octanol–water partition coefficient (Wildman–Crippen LogP) is 3.02. The molecule has 0 atom stereocenters. The van der Waals surface area contributed by atoms with Crippen molar-refractivity contribution in [1.29, 1.82) is 0 Å². The van der Waals surface area contributed by atoms with Crippen LogP contribution in [-0.4, -0.2) is 18.6 Å². The van der Waals surface area contributed by atoms with Crippen molar-refractivity contribution in [3.8, 4) is 11.3 Å². The highest BCUT2D eigenvalue weighted by atomic mass is 32.1. The zero-order valence-electron chi connectivity index (χ0n) is 9.96. The largest absolute Gasteiger partial charge is 0.319 e. The quantitative estimate of drug-likeness (QED) is 0.902. The van der Waals surface area contributed by atoms with Crippen LogP contribution < -0.4 is 5.32 Å². The summed E-state index contributed by atoms with van der Waals surface area (Å²) in [5, 5.41) is 4.14. The smallest absolute Gasteiger partial charge is 0.132 e. The molecule has 1 N–H and O–H groups in total. The van der Waals surface area contributed by atoms with Gasteiger partial charge in [-0.1, -0.05) is 12.1 Å². The average Bonchev–Trinajstić information content (AvgIpc) is 2.68. The summed E-state index contributed by atoms with van der Waals surface area (Å²) in [7, 11) is 1.91. The minimum Gasteiger partial charge on any atom is -0.319 e. The number of hydrogen-bond acceptors (Lipinski definition) is 3. The van der Waals surface area contributed by atoms with Gasteiger partial charge in [-0.05, 0) is 26.1 Å². The number of aromatic nitrogens is 1. The van der Waals surface area contributed by atoms with Crippen LogP contribution in [0.3, 0.4) is 0 Å². The van der Waals surface area contributed by atoms with Gasteiger partial charge in [-0.15, -0.1) is 11.3 Å². The Kier molecular flexibility index (Phi) is 3.86. The first-order valence-electron chi connectivity index (χ1n) is 5.58. The Bertz CT molecular complexity index is 508. The van der Waals surface area contributed by atoms with Crippen LogP contribution >= 0.6 is 11.3 Å². The van der Waals surface area contributed by atoms with E-state index in [9.17, 15) is 4.39 Å². The number of benzene rings is 1. The van der Waals surface area contributed by atoms with Gasteiger partial charge in [0.1, 0.15) is 5.82 Å². The van der Waals surface area contributed by atoms with Gasteiger partial charge in [-0.3, -0.25) is 0 Å². The molecular formula is C13H15FN2S. The first kappa shape index (κ1) is 12.2. The van der Waals surface area contributed by atoms with E-state index in [4.69, 9.17) is 0 Å². The van der Waals surface area contributed by atoms with E-state index in [1.165, 1.54) is 6.07 Å². The third-order valence-electron chi connectivity index (χ3n) is 2.56. The number of nitrogens with zero attached hydrogens (tertiary/aromatic N) is 1. The molecule has 0 amide bonds. The Morgan fingerprint density at radius 3 is 2.82 bits per heavy atom. The highest BCUT2D eigenvalue weighted by Gasteiger charge is 2.12. The van der Waals surface area contributed by atoms with Crippen molar-refractivity contribution in [2.45, 2.75) is 13.3 Å². The summed E-state index contributed by atoms with van der Waals surface area (Å²) in [5.74, 6) is -0.207. The molecule has 0 aliphatic carbocycles. The van der Waals surface area contributed by atoms with Crippen LogP contribution in [0.25, 0.3) is 11.3 Å². The molecule has 1 aromatic carbocycles. The first-order valence-corrected chi connectivity index (χ1v) is 6.40. The van der Waals surface area contributed by atoms with Crippen LogP contribution in [-0.2, 0) is 6.42 Å². The molecule has 0 saturated heterocycles. The fourth-order valence-corrected chi connectivity index (χ4v) is 2.64. The second-order valence-corrected chi connectivity index (χ2v) is 5.13. The number of likely N-dealkylation sites (N-methyl/N-ethyl adjacent to an activating group) is 1. The lowest BCUT2D eigenvalue weighted by molar-refractivity contribution is 0.630. The van der Waals surface area contributed by atoms with Crippen molar-refractivity contribution >= 4 is 11.3 Å². The molecule has 0 bridgehead atoms. The molecular weight excluding hydrogens is 235 g/mol. The molecule has 2 nitrogen and oxygen atoms in total. The van der Waals surface area contributed by atoms with Crippen LogP contribution in [0.1, 0.15) is 9.88 Å². The Hall–Kier alpha value is -1.26. The van der Waals surface area contributed by atoms with E-state index in [1.807, 2.05) is 20.0 Å². The van der Waals surface area contributed by atoms with E-state index in [0.29, 0.717) is 5.56 Å². The van der Waals surface area contributed by atoms with E-state index in [1.54, 1.807) is 23.5 Å². The second-order valence-electron chi connectivity index (χ2n) is 3.85. The van der Waals surface area contributed by atoms with Crippen LogP contribution in [0.2, 0.25) is 0 Å². The van der Waals surface area contributed by atoms with Crippen LogP contribution in [0.15, 0.2) is 24.3 Å². The van der Waals surface area contributed by atoms with E-state index in [-0.39, 0.29) is 5.82 Å². The minimum atomic E-state index is -0.207. The lowest BCUT2D eigenvalue weighted by atomic mass is 10.1. The summed E-state index contributed by atoms with van der Waals surface area (Å²) < 4.78 is 13.7. The maximum atomic E-state index is 13.7. The third kappa shape index (κ3) is 2.70. The number of nitrogens with one attached hydrogen (secondary N) is 1. The lowest BCUT2D eigenvalue weighted by Gasteiger charge is -1.99. The zero-order chi connectivity index (χ0) is 12.3. The maximum Gasteiger partial charge on any atom is 0.132 e. The van der Waals surface area contributed by atoms with Crippen molar-refractivity contribution < 1.29 is 4.39 Å². The fourth-order valence-electron chi connectivity index (χ4n) is 1.69. The van der Waals surface area contributed by atoms with Crippen LogP contribution in [0, 0.1) is 12.7 Å². The Morgan fingerprint density at radius 1 is 1.35 bits per heavy atom. The second kappa shape index (κ2) is 5.38. The summed E-state index contributed by atoms with van der Waals surface area (Å²) in [6.07, 6.45) is 0.885. The topological polar surface area (TPSA) is 24.9 Å². The van der Waals surface area contributed by atoms with Crippen molar-refractivity contribution in [2.24, 2.45) is 0 Å². The third-order valence-corrected chi connectivity index (χ3v) is 3.59. The van der Waals surface area contributed by atoms with Crippen molar-refractivity contribution in [3.05, 3.63) is 40.0 Å². The molecule has 1 aromatic heterocycles. The van der Waals surface area contributed by atoms with E-state index >= 15 is 0 Å². The summed E-state index contributed by atoms with van der Waals surface area (Å²) >= 11 is 1.64. The molecule has 0 aliphatic rings. The molecule has 0 saturated carbocycles. The maximum absolute atomic E-state index is 13.7. The lowest BCUT2D eigenvalue weighted by Crippen LogP contribution is -2.09. The van der Waals surface area contributed by atoms with Gasteiger partial charge in [0, 0.05) is 23.4 Å². The van der Waals surface area contributed by atoms with Crippen LogP contribution in [0.5, 0.6) is 0 Å². The molecule has 0 unspecified atom stereocenters. The van der Waals surface area contributed by atoms with Gasteiger partial charge in [0.05, 0.1) is 10.7 Å². The van der Waals surface area contributed by atoms with Crippen molar-refractivity contribution in [2.75, 3.05) is 13.6 Å². The van der Waals surface area contributed by atoms with Crippen molar-refractivity contribution in [1.82, 2.24) is 10.3 Å². The van der Waals surface area contributed by atoms with Gasteiger partial charge in [0.25, 0.3) is 0 Å². The number of thiazole rings is 1. The summed E-state index contributed by atoms with van der Waals surface area (Å²) in [5.41, 5.74) is 1.37. The molecule has 0 radical (unpaired) electrons. The van der Waals surface area contributed by atoms with E-state index in [0.717, 1.165) is 28.5 Å². The normalized spacial score (nSPS) is 10.8. The number of rotatable bonds is 4.